The van der Waals surface area contributed by atoms with Crippen LogP contribution in [-0.4, -0.2) is 14.6 Å². The van der Waals surface area contributed by atoms with E-state index in [1.165, 1.54) is 0 Å². The first-order valence-electron chi connectivity index (χ1n) is 4.54. The van der Waals surface area contributed by atoms with Gasteiger partial charge in [0, 0.05) is 6.21 Å². The Bertz CT molecular complexity index is 432. The maximum atomic E-state index is 11.6. The van der Waals surface area contributed by atoms with Crippen molar-refractivity contribution in [3.63, 3.8) is 0 Å². The van der Waals surface area contributed by atoms with Crippen LogP contribution in [0.15, 0.2) is 39.6 Å². The maximum Gasteiger partial charge on any atom is 0.281 e. The molecule has 74 valence electrons. The van der Waals surface area contributed by atoms with E-state index in [0.29, 0.717) is 5.92 Å². The second-order valence-electron chi connectivity index (χ2n) is 3.38. The van der Waals surface area contributed by atoms with Gasteiger partial charge in [0.05, 0.1) is 4.90 Å². The Balaban J connectivity index is 2.23. The molecule has 3 nitrogen and oxygen atoms in total. The van der Waals surface area contributed by atoms with Crippen molar-refractivity contribution in [2.24, 2.45) is 10.3 Å². The highest BCUT2D eigenvalue weighted by molar-refractivity contribution is 7.90. The van der Waals surface area contributed by atoms with Crippen molar-refractivity contribution < 1.29 is 8.42 Å². The first-order chi connectivity index (χ1) is 6.68. The van der Waals surface area contributed by atoms with E-state index in [-0.39, 0.29) is 4.90 Å². The Morgan fingerprint density at radius 3 is 2.43 bits per heavy atom. The number of rotatable bonds is 3. The molecule has 0 heterocycles. The van der Waals surface area contributed by atoms with Crippen LogP contribution in [0.4, 0.5) is 0 Å². The fourth-order valence-corrected chi connectivity index (χ4v) is 2.02. The van der Waals surface area contributed by atoms with Gasteiger partial charge in [-0.25, -0.2) is 0 Å². The monoisotopic (exact) mass is 209 g/mol. The summed E-state index contributed by atoms with van der Waals surface area (Å²) >= 11 is 0. The molecule has 0 atom stereocenters. The molecule has 2 rings (SSSR count). The normalized spacial score (nSPS) is 17.4. The molecule has 1 aromatic rings. The van der Waals surface area contributed by atoms with Crippen LogP contribution < -0.4 is 0 Å². The third-order valence-electron chi connectivity index (χ3n) is 2.07. The van der Waals surface area contributed by atoms with Crippen LogP contribution in [0.1, 0.15) is 12.8 Å². The van der Waals surface area contributed by atoms with E-state index in [2.05, 4.69) is 4.40 Å². The summed E-state index contributed by atoms with van der Waals surface area (Å²) in [7, 11) is -3.45. The molecular weight excluding hydrogens is 198 g/mol. The average Bonchev–Trinajstić information content (AvgIpc) is 3.00. The van der Waals surface area contributed by atoms with Crippen molar-refractivity contribution in [1.82, 2.24) is 0 Å². The minimum atomic E-state index is -3.45. The zero-order valence-electron chi connectivity index (χ0n) is 7.63. The van der Waals surface area contributed by atoms with E-state index in [9.17, 15) is 8.42 Å². The van der Waals surface area contributed by atoms with Crippen LogP contribution >= 0.6 is 0 Å². The number of hydrogen-bond donors (Lipinski definition) is 0. The zero-order valence-corrected chi connectivity index (χ0v) is 8.44. The lowest BCUT2D eigenvalue weighted by molar-refractivity contribution is 0.598. The maximum absolute atomic E-state index is 11.6. The van der Waals surface area contributed by atoms with E-state index in [1.54, 1.807) is 36.5 Å². The third-order valence-corrected chi connectivity index (χ3v) is 3.34. The average molecular weight is 209 g/mol. The van der Waals surface area contributed by atoms with E-state index in [1.807, 2.05) is 0 Å². The molecule has 1 aromatic carbocycles. The van der Waals surface area contributed by atoms with Gasteiger partial charge in [-0.05, 0) is 30.9 Å². The van der Waals surface area contributed by atoms with E-state index in [0.717, 1.165) is 12.8 Å². The van der Waals surface area contributed by atoms with Crippen molar-refractivity contribution >= 4 is 16.2 Å². The standard InChI is InChI=1S/C10H11NO2S/c12-14(13,11-8-9-6-7-9)10-4-2-1-3-5-10/h1-5,8-9H,6-7H2/b11-8+. The minimum Gasteiger partial charge on any atom is -0.199 e. The molecular formula is C10H11NO2S. The van der Waals surface area contributed by atoms with Crippen LogP contribution in [0.3, 0.4) is 0 Å². The van der Waals surface area contributed by atoms with Crippen LogP contribution in [0.25, 0.3) is 0 Å². The van der Waals surface area contributed by atoms with Gasteiger partial charge in [0.15, 0.2) is 0 Å². The second-order valence-corrected chi connectivity index (χ2v) is 5.01. The van der Waals surface area contributed by atoms with Crippen LogP contribution in [0, 0.1) is 5.92 Å². The molecule has 1 fully saturated rings. The fourth-order valence-electron chi connectivity index (χ4n) is 1.06. The van der Waals surface area contributed by atoms with Gasteiger partial charge in [-0.2, -0.15) is 12.8 Å². The SMILES string of the molecule is O=S(=O)(/N=C/C1CC1)c1ccccc1. The van der Waals surface area contributed by atoms with E-state index < -0.39 is 10.0 Å². The highest BCUT2D eigenvalue weighted by atomic mass is 32.2. The van der Waals surface area contributed by atoms with Crippen LogP contribution in [0.5, 0.6) is 0 Å². The molecule has 0 aliphatic heterocycles. The van der Waals surface area contributed by atoms with Crippen molar-refractivity contribution in [3.8, 4) is 0 Å². The van der Waals surface area contributed by atoms with Gasteiger partial charge < -0.3 is 0 Å². The Morgan fingerprint density at radius 2 is 1.86 bits per heavy atom. The quantitative estimate of drug-likeness (QED) is 0.713. The summed E-state index contributed by atoms with van der Waals surface area (Å²) in [4.78, 5) is 0.261. The Labute approximate surface area is 83.5 Å². The largest absolute Gasteiger partial charge is 0.281 e. The first kappa shape index (κ1) is 9.40. The molecule has 0 spiro atoms. The topological polar surface area (TPSA) is 46.5 Å². The molecule has 0 unspecified atom stereocenters. The number of benzene rings is 1. The molecule has 0 amide bonds. The summed E-state index contributed by atoms with van der Waals surface area (Å²) < 4.78 is 26.8. The first-order valence-corrected chi connectivity index (χ1v) is 5.98. The Hall–Kier alpha value is -1.16. The Morgan fingerprint density at radius 1 is 1.21 bits per heavy atom. The summed E-state index contributed by atoms with van der Waals surface area (Å²) in [6.45, 7) is 0. The van der Waals surface area contributed by atoms with Crippen molar-refractivity contribution in [3.05, 3.63) is 30.3 Å². The smallest absolute Gasteiger partial charge is 0.199 e. The molecule has 1 aliphatic rings. The summed E-state index contributed by atoms with van der Waals surface area (Å²) in [6, 6.07) is 8.28. The number of hydrogen-bond acceptors (Lipinski definition) is 2. The second kappa shape index (κ2) is 3.53. The molecule has 0 bridgehead atoms. The van der Waals surface area contributed by atoms with Gasteiger partial charge in [0.25, 0.3) is 10.0 Å². The molecule has 0 radical (unpaired) electrons. The molecule has 1 aliphatic carbocycles. The minimum absolute atomic E-state index is 0.261. The summed E-state index contributed by atoms with van der Waals surface area (Å²) in [5, 5.41) is 0. The summed E-state index contributed by atoms with van der Waals surface area (Å²) in [5.74, 6) is 0.383. The Kier molecular flexibility index (Phi) is 2.37. The molecule has 14 heavy (non-hydrogen) atoms. The fraction of sp³-hybridized carbons (Fsp3) is 0.300. The molecule has 1 saturated carbocycles. The van der Waals surface area contributed by atoms with Gasteiger partial charge in [0.2, 0.25) is 0 Å². The van der Waals surface area contributed by atoms with Gasteiger partial charge in [-0.15, -0.1) is 0 Å². The van der Waals surface area contributed by atoms with Gasteiger partial charge >= 0.3 is 0 Å². The molecule has 4 heteroatoms. The molecule has 0 N–H and O–H groups in total. The lowest BCUT2D eigenvalue weighted by atomic mass is 10.4. The predicted octanol–water partition coefficient (Wildman–Crippen LogP) is 1.86. The molecule has 0 aromatic heterocycles. The summed E-state index contributed by atoms with van der Waals surface area (Å²) in [5.41, 5.74) is 0. The van der Waals surface area contributed by atoms with Crippen molar-refractivity contribution in [1.29, 1.82) is 0 Å². The lowest BCUT2D eigenvalue weighted by Crippen LogP contribution is -1.97. The van der Waals surface area contributed by atoms with Crippen LogP contribution in [-0.2, 0) is 10.0 Å². The molecule has 0 saturated heterocycles. The van der Waals surface area contributed by atoms with Gasteiger partial charge in [-0.1, -0.05) is 18.2 Å². The highest BCUT2D eigenvalue weighted by Crippen LogP contribution is 2.27. The number of nitrogens with zero attached hydrogens (tertiary/aromatic N) is 1. The highest BCUT2D eigenvalue weighted by Gasteiger charge is 2.20. The van der Waals surface area contributed by atoms with Crippen LogP contribution in [0.2, 0.25) is 0 Å². The lowest BCUT2D eigenvalue weighted by Gasteiger charge is -1.96. The van der Waals surface area contributed by atoms with E-state index >= 15 is 0 Å². The van der Waals surface area contributed by atoms with Crippen molar-refractivity contribution in [2.75, 3.05) is 0 Å². The number of sulfonamides is 1. The van der Waals surface area contributed by atoms with Gasteiger partial charge in [-0.3, -0.25) is 0 Å². The van der Waals surface area contributed by atoms with Gasteiger partial charge in [0.1, 0.15) is 0 Å². The summed E-state index contributed by atoms with van der Waals surface area (Å²) in [6.07, 6.45) is 3.67. The van der Waals surface area contributed by atoms with E-state index in [4.69, 9.17) is 0 Å². The zero-order chi connectivity index (χ0) is 10.0. The predicted molar refractivity (Wildman–Crippen MR) is 54.8 cm³/mol. The van der Waals surface area contributed by atoms with Crippen molar-refractivity contribution in [2.45, 2.75) is 17.7 Å². The third kappa shape index (κ3) is 2.20.